The van der Waals surface area contributed by atoms with Gasteiger partial charge in [0, 0.05) is 0 Å². The quantitative estimate of drug-likeness (QED) is 0.599. The molecule has 2 aliphatic carbocycles. The highest BCUT2D eigenvalue weighted by atomic mass is 79.9. The number of rotatable bonds is 2. The summed E-state index contributed by atoms with van der Waals surface area (Å²) in [4.78, 5) is 12.7. The number of carbonyl (C=O) groups is 1. The third-order valence-electron chi connectivity index (χ3n) is 4.11. The van der Waals surface area contributed by atoms with E-state index in [0.29, 0.717) is 10.7 Å². The van der Waals surface area contributed by atoms with Gasteiger partial charge in [0.05, 0.1) is 10.2 Å². The molecule has 1 aromatic rings. The molecule has 0 saturated heterocycles. The van der Waals surface area contributed by atoms with Crippen molar-refractivity contribution in [3.8, 4) is 0 Å². The van der Waals surface area contributed by atoms with E-state index >= 15 is 0 Å². The minimum Gasteiger partial charge on any atom is -0.292 e. The van der Waals surface area contributed by atoms with Crippen LogP contribution in [0.2, 0.25) is 0 Å². The normalized spacial score (nSPS) is 29.8. The van der Waals surface area contributed by atoms with Crippen molar-refractivity contribution < 1.29 is 4.79 Å². The summed E-state index contributed by atoms with van der Waals surface area (Å²) in [6.07, 6.45) is 1.13. The van der Waals surface area contributed by atoms with Gasteiger partial charge >= 0.3 is 0 Å². The number of carbonyl (C=O) groups excluding carboxylic acids is 1. The average Bonchev–Trinajstić information content (AvgIpc) is 2.61. The molecule has 3 heteroatoms. The van der Waals surface area contributed by atoms with Gasteiger partial charge in [-0.15, -0.1) is 11.3 Å². The van der Waals surface area contributed by atoms with Gasteiger partial charge in [-0.2, -0.15) is 0 Å². The molecule has 1 saturated carbocycles. The molecule has 2 atom stereocenters. The van der Waals surface area contributed by atoms with Crippen LogP contribution in [0.3, 0.4) is 0 Å². The fourth-order valence-corrected chi connectivity index (χ4v) is 4.67. The molecular weight excluding hydrogens is 272 g/mol. The highest BCUT2D eigenvalue weighted by Crippen LogP contribution is 2.70. The highest BCUT2D eigenvalue weighted by Gasteiger charge is 2.62. The van der Waals surface area contributed by atoms with Crippen LogP contribution in [-0.4, -0.2) is 11.1 Å². The van der Waals surface area contributed by atoms with Gasteiger partial charge in [0.2, 0.25) is 0 Å². The zero-order valence-corrected chi connectivity index (χ0v) is 11.2. The van der Waals surface area contributed by atoms with Crippen LogP contribution in [0.1, 0.15) is 40.6 Å². The number of fused-ring (bicyclic) bond motifs is 3. The fourth-order valence-electron chi connectivity index (χ4n) is 3.12. The molecule has 0 radical (unpaired) electrons. The molecule has 0 aliphatic heterocycles. The van der Waals surface area contributed by atoms with Crippen molar-refractivity contribution in [2.45, 2.75) is 26.2 Å². The minimum atomic E-state index is 0.250. The second-order valence-corrected chi connectivity index (χ2v) is 6.61. The molecule has 0 amide bonds. The first-order valence-corrected chi connectivity index (χ1v) is 7.27. The fraction of sp³-hybridized carbons (Fsp3) is 0.583. The highest BCUT2D eigenvalue weighted by molar-refractivity contribution is 9.09. The molecule has 15 heavy (non-hydrogen) atoms. The van der Waals surface area contributed by atoms with Gasteiger partial charge in [-0.3, -0.25) is 4.79 Å². The molecule has 0 N–H and O–H groups in total. The Labute approximate surface area is 102 Å². The Hall–Kier alpha value is -0.150. The summed E-state index contributed by atoms with van der Waals surface area (Å²) in [5.41, 5.74) is 3.32. The van der Waals surface area contributed by atoms with Gasteiger partial charge in [0.15, 0.2) is 5.78 Å². The predicted octanol–water partition coefficient (Wildman–Crippen LogP) is 3.62. The Bertz CT molecular complexity index is 446. The monoisotopic (exact) mass is 284 g/mol. The molecule has 1 aromatic heterocycles. The third-order valence-corrected chi connectivity index (χ3v) is 5.70. The first kappa shape index (κ1) is 10.0. The van der Waals surface area contributed by atoms with Gasteiger partial charge in [-0.25, -0.2) is 0 Å². The van der Waals surface area contributed by atoms with Gasteiger partial charge in [0.25, 0.3) is 0 Å². The van der Waals surface area contributed by atoms with E-state index in [1.165, 1.54) is 11.1 Å². The van der Waals surface area contributed by atoms with Crippen molar-refractivity contribution in [3.05, 3.63) is 21.4 Å². The van der Waals surface area contributed by atoms with Gasteiger partial charge in [-0.05, 0) is 40.2 Å². The Morgan fingerprint density at radius 1 is 1.67 bits per heavy atom. The van der Waals surface area contributed by atoms with E-state index < -0.39 is 0 Å². The number of hydrogen-bond donors (Lipinski definition) is 0. The summed E-state index contributed by atoms with van der Waals surface area (Å²) in [7, 11) is 0. The zero-order chi connectivity index (χ0) is 10.8. The van der Waals surface area contributed by atoms with Crippen molar-refractivity contribution in [2.24, 2.45) is 11.3 Å². The number of thiophene rings is 1. The molecule has 80 valence electrons. The molecule has 0 aromatic carbocycles. The summed E-state index contributed by atoms with van der Waals surface area (Å²) in [5.74, 6) is 1.79. The number of alkyl halides is 1. The third kappa shape index (κ3) is 1.17. The molecule has 1 heterocycles. The molecule has 2 aliphatic rings. The summed E-state index contributed by atoms with van der Waals surface area (Å²) in [6, 6.07) is 0. The van der Waals surface area contributed by atoms with Crippen molar-refractivity contribution >= 4 is 33.0 Å². The Morgan fingerprint density at radius 3 is 3.07 bits per heavy atom. The van der Waals surface area contributed by atoms with E-state index in [1.807, 2.05) is 0 Å². The van der Waals surface area contributed by atoms with Crippen LogP contribution in [-0.2, 0) is 6.42 Å². The van der Waals surface area contributed by atoms with Crippen LogP contribution in [0.25, 0.3) is 0 Å². The molecule has 0 bridgehead atoms. The van der Waals surface area contributed by atoms with Crippen LogP contribution in [0.4, 0.5) is 0 Å². The molecule has 2 unspecified atom stereocenters. The van der Waals surface area contributed by atoms with Crippen molar-refractivity contribution in [2.75, 3.05) is 5.33 Å². The molecule has 1 fully saturated rings. The largest absolute Gasteiger partial charge is 0.292 e. The molecular formula is C12H13BrOS. The average molecular weight is 285 g/mol. The SMILES string of the molecule is CC1(C)C2Cc3c(csc3C(=O)CBr)C21. The Balaban J connectivity index is 2.00. The lowest BCUT2D eigenvalue weighted by Gasteiger charge is -2.08. The minimum absolute atomic E-state index is 0.250. The summed E-state index contributed by atoms with van der Waals surface area (Å²) in [5, 5.41) is 2.67. The second kappa shape index (κ2) is 2.95. The Morgan fingerprint density at radius 2 is 2.40 bits per heavy atom. The number of hydrogen-bond acceptors (Lipinski definition) is 2. The van der Waals surface area contributed by atoms with Crippen LogP contribution in [0.15, 0.2) is 5.38 Å². The first-order chi connectivity index (χ1) is 7.07. The number of ketones is 1. The van der Waals surface area contributed by atoms with Crippen LogP contribution in [0.5, 0.6) is 0 Å². The van der Waals surface area contributed by atoms with E-state index in [4.69, 9.17) is 0 Å². The van der Waals surface area contributed by atoms with Crippen molar-refractivity contribution in [1.82, 2.24) is 0 Å². The van der Waals surface area contributed by atoms with Gasteiger partial charge < -0.3 is 0 Å². The lowest BCUT2D eigenvalue weighted by atomic mass is 9.96. The smallest absolute Gasteiger partial charge is 0.183 e. The van der Waals surface area contributed by atoms with E-state index in [2.05, 4.69) is 35.2 Å². The molecule has 3 rings (SSSR count). The Kier molecular flexibility index (Phi) is 1.97. The van der Waals surface area contributed by atoms with Crippen LogP contribution < -0.4 is 0 Å². The van der Waals surface area contributed by atoms with E-state index in [1.54, 1.807) is 11.3 Å². The first-order valence-electron chi connectivity index (χ1n) is 5.26. The summed E-state index contributed by atoms with van der Waals surface area (Å²) < 4.78 is 0. The lowest BCUT2D eigenvalue weighted by Crippen LogP contribution is -2.04. The number of Topliss-reactive ketones (excluding diaryl/α,β-unsaturated/α-hetero) is 1. The van der Waals surface area contributed by atoms with Gasteiger partial charge in [0.1, 0.15) is 0 Å². The molecule has 0 spiro atoms. The topological polar surface area (TPSA) is 17.1 Å². The second-order valence-electron chi connectivity index (χ2n) is 5.17. The van der Waals surface area contributed by atoms with E-state index in [0.717, 1.165) is 23.1 Å². The summed E-state index contributed by atoms with van der Waals surface area (Å²) in [6.45, 7) is 4.68. The maximum Gasteiger partial charge on any atom is 0.183 e. The van der Waals surface area contributed by atoms with Crippen LogP contribution >= 0.6 is 27.3 Å². The standard InChI is InChI=1S/C12H13BrOS/c1-12(2)8-3-6-7(10(8)12)5-15-11(6)9(14)4-13/h5,8,10H,3-4H2,1-2H3. The molecule has 1 nitrogen and oxygen atoms in total. The predicted molar refractivity (Wildman–Crippen MR) is 66.2 cm³/mol. The summed E-state index contributed by atoms with van der Waals surface area (Å²) >= 11 is 4.89. The maximum atomic E-state index is 11.7. The zero-order valence-electron chi connectivity index (χ0n) is 8.84. The van der Waals surface area contributed by atoms with Gasteiger partial charge in [-0.1, -0.05) is 29.8 Å². The van der Waals surface area contributed by atoms with Crippen LogP contribution in [0, 0.1) is 11.3 Å². The van der Waals surface area contributed by atoms with E-state index in [-0.39, 0.29) is 5.78 Å². The maximum absolute atomic E-state index is 11.7. The van der Waals surface area contributed by atoms with Crippen molar-refractivity contribution in [3.63, 3.8) is 0 Å². The van der Waals surface area contributed by atoms with Crippen molar-refractivity contribution in [1.29, 1.82) is 0 Å². The number of halogens is 1. The lowest BCUT2D eigenvalue weighted by molar-refractivity contribution is 0.102. The van der Waals surface area contributed by atoms with E-state index in [9.17, 15) is 4.79 Å².